The summed E-state index contributed by atoms with van der Waals surface area (Å²) in [6.45, 7) is 0. The smallest absolute Gasteiger partial charge is 0.196 e. The fourth-order valence-corrected chi connectivity index (χ4v) is 5.61. The zero-order valence-electron chi connectivity index (χ0n) is 16.4. The quantitative estimate of drug-likeness (QED) is 0.224. The lowest BCUT2D eigenvalue weighted by atomic mass is 10.2. The molecule has 0 unspecified atom stereocenters. The lowest BCUT2D eigenvalue weighted by molar-refractivity contribution is 0.680. The fraction of sp³-hybridized carbons (Fsp3) is 0.130. The summed E-state index contributed by atoms with van der Waals surface area (Å²) in [5, 5.41) is 9.62. The molecule has 0 aliphatic carbocycles. The van der Waals surface area contributed by atoms with Gasteiger partial charge in [0.25, 0.3) is 0 Å². The zero-order valence-corrected chi connectivity index (χ0v) is 21.3. The first-order chi connectivity index (χ1) is 15.1. The van der Waals surface area contributed by atoms with Gasteiger partial charge in [0.15, 0.2) is 11.0 Å². The van der Waals surface area contributed by atoms with Gasteiger partial charge >= 0.3 is 0 Å². The molecule has 4 rings (SSSR count). The van der Waals surface area contributed by atoms with E-state index in [0.717, 1.165) is 31.1 Å². The van der Waals surface area contributed by atoms with Crippen LogP contribution in [0.5, 0.6) is 0 Å². The number of para-hydroxylation sites is 1. The second kappa shape index (κ2) is 10.7. The molecular weight excluding hydrogens is 558 g/mol. The van der Waals surface area contributed by atoms with E-state index < -0.39 is 10.8 Å². The van der Waals surface area contributed by atoms with Crippen molar-refractivity contribution in [1.29, 1.82) is 0 Å². The summed E-state index contributed by atoms with van der Waals surface area (Å²) in [6, 6.07) is 26.2. The zero-order chi connectivity index (χ0) is 21.6. The maximum absolute atomic E-state index is 12.9. The van der Waals surface area contributed by atoms with Crippen LogP contribution in [0.4, 0.5) is 0 Å². The van der Waals surface area contributed by atoms with Gasteiger partial charge in [0.1, 0.15) is 0 Å². The maximum Gasteiger partial charge on any atom is 0.196 e. The van der Waals surface area contributed by atoms with Crippen LogP contribution in [0.1, 0.15) is 17.0 Å². The lowest BCUT2D eigenvalue weighted by Gasteiger charge is -2.10. The van der Waals surface area contributed by atoms with Gasteiger partial charge in [-0.05, 0) is 47.5 Å². The number of rotatable bonds is 8. The van der Waals surface area contributed by atoms with E-state index >= 15 is 0 Å². The molecule has 4 aromatic rings. The molecule has 8 heteroatoms. The van der Waals surface area contributed by atoms with Crippen LogP contribution in [0.25, 0.3) is 5.69 Å². The van der Waals surface area contributed by atoms with Crippen molar-refractivity contribution in [1.82, 2.24) is 14.8 Å². The highest BCUT2D eigenvalue weighted by molar-refractivity contribution is 9.10. The monoisotopic (exact) mass is 575 g/mol. The second-order valence-electron chi connectivity index (χ2n) is 6.84. The molecule has 0 aliphatic heterocycles. The number of halogens is 2. The molecule has 1 aromatic heterocycles. The molecule has 1 heterocycles. The largest absolute Gasteiger partial charge is 0.273 e. The minimum Gasteiger partial charge on any atom is -0.273 e. The minimum atomic E-state index is -1.09. The van der Waals surface area contributed by atoms with Crippen molar-refractivity contribution in [2.75, 3.05) is 0 Å². The molecule has 3 aromatic carbocycles. The molecule has 0 bridgehead atoms. The number of benzene rings is 3. The second-order valence-corrected chi connectivity index (χ2v) is 11.1. The Bertz CT molecular complexity index is 1160. The van der Waals surface area contributed by atoms with Crippen LogP contribution in [-0.2, 0) is 28.1 Å². The van der Waals surface area contributed by atoms with E-state index in [2.05, 4.69) is 54.2 Å². The summed E-state index contributed by atoms with van der Waals surface area (Å²) >= 11 is 8.53. The Labute approximate surface area is 205 Å². The van der Waals surface area contributed by atoms with Crippen molar-refractivity contribution in [3.05, 3.63) is 105 Å². The highest BCUT2D eigenvalue weighted by Crippen LogP contribution is 2.26. The molecule has 0 aliphatic rings. The minimum absolute atomic E-state index is 0.344. The van der Waals surface area contributed by atoms with Gasteiger partial charge in [-0.1, -0.05) is 86.1 Å². The van der Waals surface area contributed by atoms with Gasteiger partial charge in [-0.3, -0.25) is 8.78 Å². The van der Waals surface area contributed by atoms with Crippen LogP contribution in [-0.4, -0.2) is 19.0 Å². The first kappa shape index (κ1) is 22.5. The number of hydrogen-bond acceptors (Lipinski definition) is 4. The van der Waals surface area contributed by atoms with E-state index in [4.69, 9.17) is 0 Å². The third-order valence-corrected chi connectivity index (χ3v) is 7.82. The Hall–Kier alpha value is -1.74. The predicted molar refractivity (Wildman–Crippen MR) is 135 cm³/mol. The third-order valence-electron chi connectivity index (χ3n) is 4.53. The fourth-order valence-electron chi connectivity index (χ4n) is 3.01. The number of thioether (sulfide) groups is 1. The van der Waals surface area contributed by atoms with Crippen LogP contribution in [0, 0.1) is 0 Å². The van der Waals surface area contributed by atoms with Crippen molar-refractivity contribution in [3.8, 4) is 5.69 Å². The summed E-state index contributed by atoms with van der Waals surface area (Å²) in [4.78, 5) is 0. The van der Waals surface area contributed by atoms with E-state index in [9.17, 15) is 4.21 Å². The van der Waals surface area contributed by atoms with Gasteiger partial charge in [-0.2, -0.15) is 0 Å². The highest BCUT2D eigenvalue weighted by Gasteiger charge is 2.17. The summed E-state index contributed by atoms with van der Waals surface area (Å²) < 4.78 is 17.0. The molecule has 0 spiro atoms. The van der Waals surface area contributed by atoms with Crippen molar-refractivity contribution >= 4 is 54.4 Å². The third kappa shape index (κ3) is 6.16. The molecule has 4 nitrogen and oxygen atoms in total. The van der Waals surface area contributed by atoms with Gasteiger partial charge in [-0.15, -0.1) is 10.2 Å². The summed E-state index contributed by atoms with van der Waals surface area (Å²) in [7, 11) is -1.09. The molecule has 0 saturated heterocycles. The Morgan fingerprint density at radius 1 is 0.774 bits per heavy atom. The SMILES string of the molecule is O=[S@@](Cc1ccc(Br)cc1)Cc1nnc(SCc2ccc(Br)cc2)n1-c1ccccc1. The summed E-state index contributed by atoms with van der Waals surface area (Å²) in [6.07, 6.45) is 0. The standard InChI is InChI=1S/C23H19Br2N3OS2/c24-19-10-6-17(7-11-19)14-30-23-27-26-22(28(23)21-4-2-1-3-5-21)16-31(29)15-18-8-12-20(25)13-9-18/h1-13H,14-16H2/t31-/m0/s1. The Balaban J connectivity index is 1.54. The summed E-state index contributed by atoms with van der Waals surface area (Å²) in [5.41, 5.74) is 3.22. The first-order valence-corrected chi connectivity index (χ1v) is 13.6. The number of hydrogen-bond donors (Lipinski definition) is 0. The highest BCUT2D eigenvalue weighted by atomic mass is 79.9. The van der Waals surface area contributed by atoms with E-state index in [1.807, 2.05) is 71.3 Å². The molecule has 0 fully saturated rings. The Morgan fingerprint density at radius 2 is 1.39 bits per heavy atom. The normalized spacial score (nSPS) is 12.1. The van der Waals surface area contributed by atoms with E-state index in [0.29, 0.717) is 17.3 Å². The first-order valence-electron chi connectivity index (χ1n) is 9.55. The Morgan fingerprint density at radius 3 is 2.03 bits per heavy atom. The van der Waals surface area contributed by atoms with Gasteiger partial charge < -0.3 is 0 Å². The van der Waals surface area contributed by atoms with Crippen molar-refractivity contribution < 1.29 is 4.21 Å². The summed E-state index contributed by atoms with van der Waals surface area (Å²) in [5.74, 6) is 2.31. The van der Waals surface area contributed by atoms with Crippen LogP contribution < -0.4 is 0 Å². The Kier molecular flexibility index (Phi) is 7.76. The van der Waals surface area contributed by atoms with Gasteiger partial charge in [0, 0.05) is 36.9 Å². The number of aromatic nitrogens is 3. The van der Waals surface area contributed by atoms with Crippen LogP contribution in [0.15, 0.2) is 93.0 Å². The van der Waals surface area contributed by atoms with Crippen LogP contribution >= 0.6 is 43.6 Å². The van der Waals surface area contributed by atoms with Crippen LogP contribution in [0.2, 0.25) is 0 Å². The molecule has 0 radical (unpaired) electrons. The van der Waals surface area contributed by atoms with Gasteiger partial charge in [-0.25, -0.2) is 0 Å². The van der Waals surface area contributed by atoms with E-state index in [1.165, 1.54) is 5.56 Å². The molecule has 0 saturated carbocycles. The van der Waals surface area contributed by atoms with Crippen molar-refractivity contribution in [2.24, 2.45) is 0 Å². The predicted octanol–water partition coefficient (Wildman–Crippen LogP) is 6.53. The van der Waals surface area contributed by atoms with Crippen molar-refractivity contribution in [2.45, 2.75) is 22.4 Å². The molecule has 1 atom stereocenters. The maximum atomic E-state index is 12.9. The van der Waals surface area contributed by atoms with E-state index in [1.54, 1.807) is 11.8 Å². The van der Waals surface area contributed by atoms with E-state index in [-0.39, 0.29) is 0 Å². The molecule has 31 heavy (non-hydrogen) atoms. The molecule has 0 N–H and O–H groups in total. The average Bonchev–Trinajstić information content (AvgIpc) is 3.17. The van der Waals surface area contributed by atoms with Gasteiger partial charge in [0.2, 0.25) is 0 Å². The number of nitrogens with zero attached hydrogens (tertiary/aromatic N) is 3. The van der Waals surface area contributed by atoms with Gasteiger partial charge in [0.05, 0.1) is 5.75 Å². The molecular formula is C23H19Br2N3OS2. The molecule has 158 valence electrons. The molecule has 0 amide bonds. The average molecular weight is 577 g/mol. The van der Waals surface area contributed by atoms with Crippen molar-refractivity contribution in [3.63, 3.8) is 0 Å². The lowest BCUT2D eigenvalue weighted by Crippen LogP contribution is -2.07. The topological polar surface area (TPSA) is 47.8 Å². The van der Waals surface area contributed by atoms with Crippen LogP contribution in [0.3, 0.4) is 0 Å².